The molecule has 0 aliphatic carbocycles. The zero-order valence-corrected chi connectivity index (χ0v) is 19.2. The fraction of sp³-hybridized carbons (Fsp3) is 0.259. The predicted molar refractivity (Wildman–Crippen MR) is 127 cm³/mol. The fourth-order valence-corrected chi connectivity index (χ4v) is 3.52. The topological polar surface area (TPSA) is 81.7 Å². The Balaban J connectivity index is 1.67. The van der Waals surface area contributed by atoms with Crippen molar-refractivity contribution < 1.29 is 18.4 Å². The molecule has 170 valence electrons. The van der Waals surface area contributed by atoms with Crippen molar-refractivity contribution in [3.05, 3.63) is 88.0 Å². The molecule has 0 bridgehead atoms. The van der Waals surface area contributed by atoms with Gasteiger partial charge < -0.3 is 18.9 Å². The van der Waals surface area contributed by atoms with Crippen molar-refractivity contribution in [2.75, 3.05) is 6.61 Å². The molecule has 0 spiro atoms. The maximum Gasteiger partial charge on any atom is 0.258 e. The second kappa shape index (κ2) is 8.98. The molecule has 0 fully saturated rings. The summed E-state index contributed by atoms with van der Waals surface area (Å²) in [6, 6.07) is 16.8. The Labute approximate surface area is 192 Å². The van der Waals surface area contributed by atoms with Gasteiger partial charge in [0.25, 0.3) is 5.91 Å². The number of rotatable bonds is 6. The Hall–Kier alpha value is -3.80. The molecular weight excluding hydrogens is 418 g/mol. The number of ether oxygens (including phenoxy) is 1. The van der Waals surface area contributed by atoms with Gasteiger partial charge in [0.05, 0.1) is 18.2 Å². The molecule has 4 rings (SSSR count). The van der Waals surface area contributed by atoms with Gasteiger partial charge in [-0.05, 0) is 42.2 Å². The second-order valence-electron chi connectivity index (χ2n) is 9.06. The van der Waals surface area contributed by atoms with Gasteiger partial charge in [0.1, 0.15) is 11.3 Å². The third kappa shape index (κ3) is 5.00. The van der Waals surface area contributed by atoms with Crippen LogP contribution in [0.1, 0.15) is 37.7 Å². The normalized spacial score (nSPS) is 11.5. The molecule has 2 aromatic carbocycles. The molecule has 6 heteroatoms. The highest BCUT2D eigenvalue weighted by atomic mass is 16.5. The highest BCUT2D eigenvalue weighted by Crippen LogP contribution is 2.33. The summed E-state index contributed by atoms with van der Waals surface area (Å²) in [5.74, 6) is 0.577. The number of furan rings is 1. The monoisotopic (exact) mass is 445 g/mol. The molecule has 2 heterocycles. The van der Waals surface area contributed by atoms with Crippen molar-refractivity contribution in [1.82, 2.24) is 5.32 Å². The third-order valence-corrected chi connectivity index (χ3v) is 5.40. The fourth-order valence-electron chi connectivity index (χ4n) is 3.52. The summed E-state index contributed by atoms with van der Waals surface area (Å²) in [7, 11) is 0. The van der Waals surface area contributed by atoms with E-state index in [1.54, 1.807) is 24.3 Å². The Morgan fingerprint density at radius 3 is 2.48 bits per heavy atom. The van der Waals surface area contributed by atoms with Crippen molar-refractivity contribution in [2.24, 2.45) is 0 Å². The van der Waals surface area contributed by atoms with E-state index in [2.05, 4.69) is 26.1 Å². The smallest absolute Gasteiger partial charge is 0.258 e. The maximum atomic E-state index is 13.3. The summed E-state index contributed by atoms with van der Waals surface area (Å²) >= 11 is 0. The molecule has 4 aromatic rings. The van der Waals surface area contributed by atoms with E-state index in [0.29, 0.717) is 28.1 Å². The maximum absolute atomic E-state index is 13.3. The first-order valence-corrected chi connectivity index (χ1v) is 10.8. The molecule has 0 saturated heterocycles. The summed E-state index contributed by atoms with van der Waals surface area (Å²) in [5.41, 5.74) is 2.94. The number of aryl methyl sites for hydroxylation is 1. The minimum atomic E-state index is -0.371. The quantitative estimate of drug-likeness (QED) is 0.432. The lowest BCUT2D eigenvalue weighted by atomic mass is 9.86. The lowest BCUT2D eigenvalue weighted by molar-refractivity contribution is -0.123. The first-order chi connectivity index (χ1) is 15.7. The first-order valence-electron chi connectivity index (χ1n) is 10.8. The van der Waals surface area contributed by atoms with E-state index in [4.69, 9.17) is 13.6 Å². The minimum Gasteiger partial charge on any atom is -0.476 e. The van der Waals surface area contributed by atoms with Gasteiger partial charge in [-0.1, -0.05) is 56.7 Å². The van der Waals surface area contributed by atoms with E-state index in [9.17, 15) is 9.59 Å². The average Bonchev–Trinajstić information content (AvgIpc) is 3.30. The van der Waals surface area contributed by atoms with E-state index in [0.717, 1.165) is 11.1 Å². The van der Waals surface area contributed by atoms with Gasteiger partial charge in [0, 0.05) is 5.56 Å². The van der Waals surface area contributed by atoms with Gasteiger partial charge in [0.15, 0.2) is 12.4 Å². The molecule has 1 amide bonds. The summed E-state index contributed by atoms with van der Waals surface area (Å²) in [4.78, 5) is 25.7. The Morgan fingerprint density at radius 2 is 1.82 bits per heavy atom. The number of fused-ring (bicyclic) bond motifs is 1. The molecule has 0 atom stereocenters. The molecule has 6 nitrogen and oxygen atoms in total. The molecule has 0 aliphatic rings. The SMILES string of the molecule is Cc1ccc2oc(-c3ccc(C(C)(C)C)cc3)c(OCC(=O)NCc3ccco3)c(=O)c2c1. The number of benzene rings is 2. The lowest BCUT2D eigenvalue weighted by Gasteiger charge is -2.19. The Morgan fingerprint density at radius 1 is 1.06 bits per heavy atom. The number of amides is 1. The van der Waals surface area contributed by atoms with Gasteiger partial charge in [-0.15, -0.1) is 0 Å². The summed E-state index contributed by atoms with van der Waals surface area (Å²) < 4.78 is 17.1. The van der Waals surface area contributed by atoms with E-state index in [1.807, 2.05) is 37.3 Å². The van der Waals surface area contributed by atoms with Crippen LogP contribution >= 0.6 is 0 Å². The van der Waals surface area contributed by atoms with Gasteiger partial charge >= 0.3 is 0 Å². The Kier molecular flexibility index (Phi) is 6.09. The van der Waals surface area contributed by atoms with Gasteiger partial charge in [-0.2, -0.15) is 0 Å². The molecule has 0 aliphatic heterocycles. The van der Waals surface area contributed by atoms with E-state index in [1.165, 1.54) is 6.26 Å². The highest BCUT2D eigenvalue weighted by molar-refractivity contribution is 5.83. The van der Waals surface area contributed by atoms with Gasteiger partial charge in [-0.25, -0.2) is 0 Å². The van der Waals surface area contributed by atoms with Crippen LogP contribution < -0.4 is 15.5 Å². The van der Waals surface area contributed by atoms with Crippen LogP contribution in [-0.2, 0) is 16.8 Å². The van der Waals surface area contributed by atoms with Crippen LogP contribution in [-0.4, -0.2) is 12.5 Å². The van der Waals surface area contributed by atoms with Crippen molar-refractivity contribution >= 4 is 16.9 Å². The van der Waals surface area contributed by atoms with Crippen LogP contribution in [0.25, 0.3) is 22.3 Å². The van der Waals surface area contributed by atoms with Crippen molar-refractivity contribution in [3.63, 3.8) is 0 Å². The summed E-state index contributed by atoms with van der Waals surface area (Å²) in [5, 5.41) is 3.13. The number of hydrogen-bond donors (Lipinski definition) is 1. The van der Waals surface area contributed by atoms with Crippen molar-refractivity contribution in [1.29, 1.82) is 0 Å². The van der Waals surface area contributed by atoms with Gasteiger partial charge in [0.2, 0.25) is 11.2 Å². The second-order valence-corrected chi connectivity index (χ2v) is 9.06. The lowest BCUT2D eigenvalue weighted by Crippen LogP contribution is -2.29. The highest BCUT2D eigenvalue weighted by Gasteiger charge is 2.20. The third-order valence-electron chi connectivity index (χ3n) is 5.40. The van der Waals surface area contributed by atoms with Crippen LogP contribution in [0.5, 0.6) is 5.75 Å². The summed E-state index contributed by atoms with van der Waals surface area (Å²) in [6.45, 7) is 8.22. The van der Waals surface area contributed by atoms with Crippen molar-refractivity contribution in [2.45, 2.75) is 39.7 Å². The van der Waals surface area contributed by atoms with E-state index < -0.39 is 0 Å². The molecule has 33 heavy (non-hydrogen) atoms. The number of carbonyl (C=O) groups is 1. The number of hydrogen-bond acceptors (Lipinski definition) is 5. The van der Waals surface area contributed by atoms with Crippen LogP contribution in [0, 0.1) is 6.92 Å². The van der Waals surface area contributed by atoms with Crippen LogP contribution in [0.15, 0.2) is 74.5 Å². The van der Waals surface area contributed by atoms with Crippen molar-refractivity contribution in [3.8, 4) is 17.1 Å². The minimum absolute atomic E-state index is 0.00824. The number of nitrogens with one attached hydrogen (secondary N) is 1. The molecule has 0 unspecified atom stereocenters. The Bertz CT molecular complexity index is 1330. The van der Waals surface area contributed by atoms with Crippen LogP contribution in [0.3, 0.4) is 0 Å². The van der Waals surface area contributed by atoms with Gasteiger partial charge in [-0.3, -0.25) is 9.59 Å². The zero-order valence-electron chi connectivity index (χ0n) is 19.2. The summed E-state index contributed by atoms with van der Waals surface area (Å²) in [6.07, 6.45) is 1.54. The molecule has 0 saturated carbocycles. The van der Waals surface area contributed by atoms with E-state index in [-0.39, 0.29) is 35.7 Å². The molecular formula is C27H27NO5. The van der Waals surface area contributed by atoms with E-state index >= 15 is 0 Å². The van der Waals surface area contributed by atoms with Crippen LogP contribution in [0.2, 0.25) is 0 Å². The largest absolute Gasteiger partial charge is 0.476 e. The predicted octanol–water partition coefficient (Wildman–Crippen LogP) is 5.35. The standard InChI is InChI=1S/C27H27NO5/c1-17-7-12-22-21(14-17)24(30)26(32-16-23(29)28-15-20-6-5-13-31-20)25(33-22)18-8-10-19(11-9-18)27(2,3)4/h5-14H,15-16H2,1-4H3,(H,28,29). The molecule has 2 aromatic heterocycles. The van der Waals surface area contributed by atoms with Crippen LogP contribution in [0.4, 0.5) is 0 Å². The molecule has 1 N–H and O–H groups in total. The molecule has 0 radical (unpaired) electrons. The average molecular weight is 446 g/mol. The first kappa shape index (κ1) is 22.4. The number of carbonyl (C=O) groups excluding carboxylic acids is 1. The zero-order chi connectivity index (χ0) is 23.6.